The zero-order chi connectivity index (χ0) is 25.7. The van der Waals surface area contributed by atoms with Crippen LogP contribution in [0.5, 0.6) is 0 Å². The van der Waals surface area contributed by atoms with E-state index in [1.54, 1.807) is 0 Å². The summed E-state index contributed by atoms with van der Waals surface area (Å²) in [7, 11) is -3.58. The summed E-state index contributed by atoms with van der Waals surface area (Å²) in [6, 6.07) is 0.761. The topological polar surface area (TPSA) is 94.7 Å². The molecule has 1 atom stereocenters. The fourth-order valence-corrected chi connectivity index (χ4v) is 8.52. The Bertz CT molecular complexity index is 843. The van der Waals surface area contributed by atoms with Crippen LogP contribution in [0.2, 0.25) is 0 Å². The van der Waals surface area contributed by atoms with Crippen molar-refractivity contribution in [2.45, 2.75) is 76.0 Å². The molecule has 5 fully saturated rings. The predicted molar refractivity (Wildman–Crippen MR) is 141 cm³/mol. The molecule has 0 aromatic rings. The Balaban J connectivity index is 0.998. The Morgan fingerprint density at radius 3 is 2.24 bits per heavy atom. The number of nitrogens with zero attached hydrogens (tertiary/aromatic N) is 4. The van der Waals surface area contributed by atoms with E-state index in [1.807, 2.05) is 0 Å². The van der Waals surface area contributed by atoms with Gasteiger partial charge in [-0.2, -0.15) is 17.0 Å². The van der Waals surface area contributed by atoms with Crippen LogP contribution in [0.1, 0.15) is 64.2 Å². The molecule has 1 N–H and O–H groups in total. The van der Waals surface area contributed by atoms with E-state index in [9.17, 15) is 13.2 Å². The second-order valence-electron chi connectivity index (χ2n) is 11.5. The van der Waals surface area contributed by atoms with Crippen molar-refractivity contribution in [2.75, 3.05) is 78.7 Å². The van der Waals surface area contributed by atoms with E-state index in [-0.39, 0.29) is 18.4 Å². The first-order valence-electron chi connectivity index (χ1n) is 14.7. The van der Waals surface area contributed by atoms with E-state index in [0.29, 0.717) is 58.7 Å². The second-order valence-corrected chi connectivity index (χ2v) is 13.5. The maximum Gasteiger partial charge on any atom is 0.282 e. The first-order chi connectivity index (χ1) is 18.0. The van der Waals surface area contributed by atoms with Crippen LogP contribution in [0, 0.1) is 5.92 Å². The molecule has 1 unspecified atom stereocenters. The van der Waals surface area contributed by atoms with Crippen LogP contribution in [0.25, 0.3) is 0 Å². The third kappa shape index (κ3) is 6.85. The van der Waals surface area contributed by atoms with Gasteiger partial charge in [0.05, 0.1) is 19.1 Å². The maximum atomic E-state index is 13.3. The normalized spacial score (nSPS) is 29.6. The molecule has 1 spiro atoms. The number of nitrogens with one attached hydrogen (secondary N) is 1. The molecule has 5 heterocycles. The van der Waals surface area contributed by atoms with Gasteiger partial charge in [-0.15, -0.1) is 0 Å². The summed E-state index contributed by atoms with van der Waals surface area (Å²) in [6.07, 6.45) is 10.1. The Morgan fingerprint density at radius 2 is 1.54 bits per heavy atom. The van der Waals surface area contributed by atoms with E-state index in [1.165, 1.54) is 53.8 Å². The summed E-state index contributed by atoms with van der Waals surface area (Å²) in [4.78, 5) is 18.1. The van der Waals surface area contributed by atoms with Gasteiger partial charge in [0, 0.05) is 51.6 Å². The SMILES string of the molecule is O=C(NCCCN1CCC(N2CCCCC2)CC1)C1CCCN(S(=O)(=O)N2CCC3(CC2)OCCO3)C1. The van der Waals surface area contributed by atoms with Crippen molar-refractivity contribution < 1.29 is 22.7 Å². The van der Waals surface area contributed by atoms with Gasteiger partial charge in [0.1, 0.15) is 0 Å². The smallest absolute Gasteiger partial charge is 0.282 e. The minimum absolute atomic E-state index is 0.00550. The number of hydrogen-bond acceptors (Lipinski definition) is 7. The van der Waals surface area contributed by atoms with Gasteiger partial charge in [0.25, 0.3) is 10.2 Å². The Morgan fingerprint density at radius 1 is 0.838 bits per heavy atom. The molecule has 0 aromatic heterocycles. The molecule has 37 heavy (non-hydrogen) atoms. The molecule has 0 aliphatic carbocycles. The molecule has 0 radical (unpaired) electrons. The first-order valence-corrected chi connectivity index (χ1v) is 16.1. The molecule has 5 rings (SSSR count). The van der Waals surface area contributed by atoms with Gasteiger partial charge in [0.15, 0.2) is 5.79 Å². The molecule has 0 saturated carbocycles. The minimum atomic E-state index is -3.58. The zero-order valence-corrected chi connectivity index (χ0v) is 23.3. The van der Waals surface area contributed by atoms with Crippen LogP contribution < -0.4 is 5.32 Å². The van der Waals surface area contributed by atoms with Crippen LogP contribution in [0.3, 0.4) is 0 Å². The average molecular weight is 542 g/mol. The number of carbonyl (C=O) groups is 1. The van der Waals surface area contributed by atoms with Gasteiger partial charge < -0.3 is 24.6 Å². The number of piperidine rings is 4. The quantitative estimate of drug-likeness (QED) is 0.462. The van der Waals surface area contributed by atoms with Gasteiger partial charge in [-0.05, 0) is 77.7 Å². The van der Waals surface area contributed by atoms with Crippen LogP contribution in [-0.4, -0.2) is 123 Å². The second kappa shape index (κ2) is 12.6. The van der Waals surface area contributed by atoms with Crippen molar-refractivity contribution in [1.29, 1.82) is 0 Å². The van der Waals surface area contributed by atoms with Crippen molar-refractivity contribution in [1.82, 2.24) is 23.7 Å². The van der Waals surface area contributed by atoms with E-state index in [4.69, 9.17) is 9.47 Å². The number of hydrogen-bond donors (Lipinski definition) is 1. The summed E-state index contributed by atoms with van der Waals surface area (Å²) in [5, 5.41) is 3.09. The van der Waals surface area contributed by atoms with Crippen molar-refractivity contribution in [3.8, 4) is 0 Å². The van der Waals surface area contributed by atoms with Crippen LogP contribution >= 0.6 is 0 Å². The Labute approximate surface area is 223 Å². The third-order valence-corrected chi connectivity index (χ3v) is 11.1. The Kier molecular flexibility index (Phi) is 9.42. The fourth-order valence-electron chi connectivity index (χ4n) is 6.82. The lowest BCUT2D eigenvalue weighted by Crippen LogP contribution is -2.54. The third-order valence-electron chi connectivity index (χ3n) is 9.12. The van der Waals surface area contributed by atoms with Gasteiger partial charge in [-0.25, -0.2) is 0 Å². The van der Waals surface area contributed by atoms with Crippen molar-refractivity contribution in [3.63, 3.8) is 0 Å². The van der Waals surface area contributed by atoms with E-state index in [0.717, 1.165) is 38.5 Å². The van der Waals surface area contributed by atoms with Gasteiger partial charge >= 0.3 is 0 Å². The number of amides is 1. The zero-order valence-electron chi connectivity index (χ0n) is 22.4. The summed E-state index contributed by atoms with van der Waals surface area (Å²) in [6.45, 7) is 9.22. The highest BCUT2D eigenvalue weighted by molar-refractivity contribution is 7.86. The Hall–Kier alpha value is -0.820. The number of likely N-dealkylation sites (tertiary alicyclic amines) is 2. The maximum absolute atomic E-state index is 13.3. The molecule has 212 valence electrons. The highest BCUT2D eigenvalue weighted by atomic mass is 32.2. The molecule has 5 aliphatic rings. The van der Waals surface area contributed by atoms with Crippen LogP contribution in [0.4, 0.5) is 0 Å². The number of carbonyl (C=O) groups excluding carboxylic acids is 1. The molecule has 1 amide bonds. The molecule has 5 aliphatic heterocycles. The van der Waals surface area contributed by atoms with E-state index < -0.39 is 16.0 Å². The molecule has 0 bridgehead atoms. The number of rotatable bonds is 8. The van der Waals surface area contributed by atoms with E-state index in [2.05, 4.69) is 15.1 Å². The fraction of sp³-hybridized carbons (Fsp3) is 0.962. The van der Waals surface area contributed by atoms with Gasteiger partial charge in [-0.1, -0.05) is 6.42 Å². The molecule has 5 saturated heterocycles. The van der Waals surface area contributed by atoms with Crippen LogP contribution in [-0.2, 0) is 24.5 Å². The monoisotopic (exact) mass is 541 g/mol. The lowest BCUT2D eigenvalue weighted by Gasteiger charge is -2.40. The van der Waals surface area contributed by atoms with Gasteiger partial charge in [-0.3, -0.25) is 4.79 Å². The molecule has 10 nitrogen and oxygen atoms in total. The number of ether oxygens (including phenoxy) is 2. The standard InChI is InChI=1S/C26H47N5O5S/c32-25(27-11-5-12-28-16-7-24(8-17-28)29-13-2-1-3-14-29)23-6-4-15-31(22-23)37(33,34)30-18-9-26(10-19-30)35-20-21-36-26/h23-24H,1-22H2,(H,27,32). The average Bonchev–Trinajstić information content (AvgIpc) is 3.39. The van der Waals surface area contributed by atoms with Gasteiger partial charge in [0.2, 0.25) is 5.91 Å². The minimum Gasteiger partial charge on any atom is -0.356 e. The summed E-state index contributed by atoms with van der Waals surface area (Å²) < 4.78 is 41.1. The largest absolute Gasteiger partial charge is 0.356 e. The summed E-state index contributed by atoms with van der Waals surface area (Å²) in [5.74, 6) is -0.880. The summed E-state index contributed by atoms with van der Waals surface area (Å²) >= 11 is 0. The molecule has 0 aromatic carbocycles. The molecular weight excluding hydrogens is 494 g/mol. The van der Waals surface area contributed by atoms with Crippen molar-refractivity contribution >= 4 is 16.1 Å². The van der Waals surface area contributed by atoms with Crippen molar-refractivity contribution in [2.24, 2.45) is 5.92 Å². The molecule has 11 heteroatoms. The lowest BCUT2D eigenvalue weighted by atomic mass is 9.99. The van der Waals surface area contributed by atoms with Crippen molar-refractivity contribution in [3.05, 3.63) is 0 Å². The highest BCUT2D eigenvalue weighted by Crippen LogP contribution is 2.33. The highest BCUT2D eigenvalue weighted by Gasteiger charge is 2.44. The van der Waals surface area contributed by atoms with Crippen LogP contribution in [0.15, 0.2) is 0 Å². The lowest BCUT2D eigenvalue weighted by molar-refractivity contribution is -0.179. The summed E-state index contributed by atoms with van der Waals surface area (Å²) in [5.41, 5.74) is 0. The predicted octanol–water partition coefficient (Wildman–Crippen LogP) is 1.24. The first kappa shape index (κ1) is 27.7. The molecular formula is C26H47N5O5S. The van der Waals surface area contributed by atoms with E-state index >= 15 is 0 Å².